The zero-order valence-corrected chi connectivity index (χ0v) is 17.0. The molecule has 2 atom stereocenters. The lowest BCUT2D eigenvalue weighted by Gasteiger charge is -2.29. The molecular weight excluding hydrogens is 364 g/mol. The second-order valence-corrected chi connectivity index (χ2v) is 7.77. The quantitative estimate of drug-likeness (QED) is 0.482. The lowest BCUT2D eigenvalue weighted by molar-refractivity contribution is -0.866. The number of nitrogens with one attached hydrogen (secondary N) is 4. The second-order valence-electron chi connectivity index (χ2n) is 7.77. The normalized spacial score (nSPS) is 18.2. The molecule has 9 nitrogen and oxygen atoms in total. The van der Waals surface area contributed by atoms with Gasteiger partial charge in [-0.15, -0.1) is 0 Å². The number of esters is 1. The van der Waals surface area contributed by atoms with Crippen LogP contribution in [0.2, 0.25) is 0 Å². The topological polar surface area (TPSA) is 114 Å². The molecule has 2 rings (SSSR count). The van der Waals surface area contributed by atoms with Crippen LogP contribution in [0.1, 0.15) is 39.5 Å². The molecule has 0 radical (unpaired) electrons. The highest BCUT2D eigenvalue weighted by molar-refractivity contribution is 5.95. The minimum atomic E-state index is -0.756. The fourth-order valence-electron chi connectivity index (χ4n) is 2.98. The Labute approximate surface area is 164 Å². The number of urea groups is 1. The van der Waals surface area contributed by atoms with Gasteiger partial charge in [-0.1, -0.05) is 0 Å². The van der Waals surface area contributed by atoms with Crippen LogP contribution in [0.5, 0.6) is 0 Å². The van der Waals surface area contributed by atoms with Gasteiger partial charge in [0.2, 0.25) is 0 Å². The minimum absolute atomic E-state index is 0.119. The summed E-state index contributed by atoms with van der Waals surface area (Å²) in [5, 5.41) is 8.28. The molecule has 0 bridgehead atoms. The van der Waals surface area contributed by atoms with Crippen molar-refractivity contribution in [2.75, 3.05) is 26.7 Å². The number of quaternary nitrogens is 1. The van der Waals surface area contributed by atoms with Crippen LogP contribution in [0.15, 0.2) is 34.1 Å². The average Bonchev–Trinajstić information content (AvgIpc) is 3.06. The van der Waals surface area contributed by atoms with Crippen molar-refractivity contribution in [1.82, 2.24) is 16.0 Å². The van der Waals surface area contributed by atoms with E-state index < -0.39 is 18.0 Å². The number of hydrogen-bond acceptors (Lipinski definition) is 5. The number of amides is 3. The van der Waals surface area contributed by atoms with E-state index in [1.807, 2.05) is 27.8 Å². The van der Waals surface area contributed by atoms with Gasteiger partial charge in [0.05, 0.1) is 31.2 Å². The molecule has 1 unspecified atom stereocenters. The lowest BCUT2D eigenvalue weighted by atomic mass is 10.00. The predicted octanol–water partition coefficient (Wildman–Crippen LogP) is -0.120. The van der Waals surface area contributed by atoms with Gasteiger partial charge < -0.3 is 30.0 Å². The number of likely N-dealkylation sites (N-methyl/N-ethyl adjacent to an activating group) is 1. The van der Waals surface area contributed by atoms with Crippen LogP contribution in [0, 0.1) is 0 Å². The first-order valence-electron chi connectivity index (χ1n) is 9.24. The van der Waals surface area contributed by atoms with E-state index in [-0.39, 0.29) is 36.7 Å². The molecule has 1 aromatic rings. The molecule has 154 valence electrons. The summed E-state index contributed by atoms with van der Waals surface area (Å²) in [6.07, 6.45) is 1.47. The Balaban J connectivity index is 2.27. The number of furan rings is 1. The number of carbonyl (C=O) groups excluding carboxylic acids is 3. The molecular formula is C19H29N4O5+. The van der Waals surface area contributed by atoms with E-state index in [2.05, 4.69) is 16.0 Å². The summed E-state index contributed by atoms with van der Waals surface area (Å²) < 4.78 is 10.6. The monoisotopic (exact) mass is 393 g/mol. The van der Waals surface area contributed by atoms with Crippen LogP contribution in [-0.2, 0) is 14.3 Å². The summed E-state index contributed by atoms with van der Waals surface area (Å²) in [6, 6.07) is 2.16. The van der Waals surface area contributed by atoms with E-state index in [1.54, 1.807) is 19.1 Å². The zero-order chi connectivity index (χ0) is 20.9. The summed E-state index contributed by atoms with van der Waals surface area (Å²) in [5.41, 5.74) is 0.344. The van der Waals surface area contributed by atoms with Gasteiger partial charge in [0.25, 0.3) is 5.91 Å². The second kappa shape index (κ2) is 8.92. The van der Waals surface area contributed by atoms with E-state index in [0.29, 0.717) is 11.5 Å². The highest BCUT2D eigenvalue weighted by atomic mass is 16.5. The Hall–Kier alpha value is -2.81. The Kier molecular flexibility index (Phi) is 6.85. The van der Waals surface area contributed by atoms with Crippen LogP contribution >= 0.6 is 0 Å². The molecule has 1 aliphatic rings. The molecule has 9 heteroatoms. The fraction of sp³-hybridized carbons (Fsp3) is 0.526. The van der Waals surface area contributed by atoms with Crippen molar-refractivity contribution >= 4 is 17.9 Å². The smallest absolute Gasteiger partial charge is 0.338 e. The number of carbonyl (C=O) groups is 3. The first-order valence-corrected chi connectivity index (χ1v) is 9.24. The molecule has 0 saturated heterocycles. The highest BCUT2D eigenvalue weighted by Gasteiger charge is 2.36. The number of hydrogen-bond donors (Lipinski definition) is 4. The van der Waals surface area contributed by atoms with Gasteiger partial charge in [0, 0.05) is 5.54 Å². The van der Waals surface area contributed by atoms with Crippen LogP contribution in [0.3, 0.4) is 0 Å². The molecule has 0 fully saturated rings. The standard InChI is InChI=1S/C19H28N4O5/c1-6-27-17(25)15-12(10-23(5)11-14(24)22-19(2,3)4)20-18(26)21-16(15)13-8-7-9-28-13/h7-9,16H,6,10-11H2,1-5H3,(H,22,24)(H2,20,21,26)/p+1/t16-/m1/s1. The van der Waals surface area contributed by atoms with E-state index in [0.717, 1.165) is 4.90 Å². The molecule has 1 aliphatic heterocycles. The fourth-order valence-corrected chi connectivity index (χ4v) is 2.98. The van der Waals surface area contributed by atoms with E-state index in [4.69, 9.17) is 9.15 Å². The van der Waals surface area contributed by atoms with Crippen molar-refractivity contribution < 1.29 is 28.4 Å². The average molecular weight is 393 g/mol. The van der Waals surface area contributed by atoms with Gasteiger partial charge in [-0.3, -0.25) is 4.79 Å². The van der Waals surface area contributed by atoms with Gasteiger partial charge in [0.15, 0.2) is 6.54 Å². The molecule has 4 N–H and O–H groups in total. The van der Waals surface area contributed by atoms with Gasteiger partial charge >= 0.3 is 12.0 Å². The van der Waals surface area contributed by atoms with Crippen molar-refractivity contribution in [3.8, 4) is 0 Å². The van der Waals surface area contributed by atoms with Crippen molar-refractivity contribution in [2.45, 2.75) is 39.3 Å². The third-order valence-electron chi connectivity index (χ3n) is 3.93. The van der Waals surface area contributed by atoms with Crippen LogP contribution in [0.4, 0.5) is 4.79 Å². The molecule has 0 spiro atoms. The maximum absolute atomic E-state index is 12.6. The van der Waals surface area contributed by atoms with Gasteiger partial charge in [-0.2, -0.15) is 0 Å². The summed E-state index contributed by atoms with van der Waals surface area (Å²) in [5.74, 6) is -0.233. The van der Waals surface area contributed by atoms with Crippen LogP contribution in [-0.4, -0.2) is 50.2 Å². The Bertz CT molecular complexity index is 749. The van der Waals surface area contributed by atoms with E-state index >= 15 is 0 Å². The number of rotatable bonds is 7. The van der Waals surface area contributed by atoms with Crippen molar-refractivity contribution in [1.29, 1.82) is 0 Å². The summed E-state index contributed by atoms with van der Waals surface area (Å²) in [7, 11) is 1.81. The summed E-state index contributed by atoms with van der Waals surface area (Å²) in [6.45, 7) is 8.07. The molecule has 0 aliphatic carbocycles. The van der Waals surface area contributed by atoms with Gasteiger partial charge in [-0.05, 0) is 39.8 Å². The van der Waals surface area contributed by atoms with Crippen LogP contribution in [0.25, 0.3) is 0 Å². The first kappa shape index (κ1) is 21.5. The third kappa shape index (κ3) is 5.85. The molecule has 28 heavy (non-hydrogen) atoms. The lowest BCUT2D eigenvalue weighted by Crippen LogP contribution is -3.10. The predicted molar refractivity (Wildman–Crippen MR) is 101 cm³/mol. The highest BCUT2D eigenvalue weighted by Crippen LogP contribution is 2.27. The SMILES string of the molecule is CCOC(=O)C1=C(C[NH+](C)CC(=O)NC(C)(C)C)NC(=O)N[C@@H]1c1ccco1. The molecule has 2 heterocycles. The van der Waals surface area contributed by atoms with Crippen molar-refractivity contribution in [3.05, 3.63) is 35.4 Å². The molecule has 0 saturated carbocycles. The number of ether oxygens (including phenoxy) is 1. The van der Waals surface area contributed by atoms with Crippen LogP contribution < -0.4 is 20.9 Å². The maximum Gasteiger partial charge on any atom is 0.338 e. The van der Waals surface area contributed by atoms with E-state index in [9.17, 15) is 14.4 Å². The molecule has 1 aromatic heterocycles. The van der Waals surface area contributed by atoms with Gasteiger partial charge in [-0.25, -0.2) is 9.59 Å². The summed E-state index contributed by atoms with van der Waals surface area (Å²) in [4.78, 5) is 37.8. The molecule has 3 amide bonds. The third-order valence-corrected chi connectivity index (χ3v) is 3.93. The van der Waals surface area contributed by atoms with E-state index in [1.165, 1.54) is 6.26 Å². The Morgan fingerprint density at radius 1 is 1.36 bits per heavy atom. The zero-order valence-electron chi connectivity index (χ0n) is 17.0. The first-order chi connectivity index (χ1) is 13.1. The van der Waals surface area contributed by atoms with Gasteiger partial charge in [0.1, 0.15) is 18.3 Å². The summed E-state index contributed by atoms with van der Waals surface area (Å²) >= 11 is 0. The minimum Gasteiger partial charge on any atom is -0.467 e. The van der Waals surface area contributed by atoms with Crippen molar-refractivity contribution in [2.24, 2.45) is 0 Å². The molecule has 0 aromatic carbocycles. The Morgan fingerprint density at radius 2 is 2.07 bits per heavy atom. The maximum atomic E-state index is 12.6. The largest absolute Gasteiger partial charge is 0.467 e. The Morgan fingerprint density at radius 3 is 2.64 bits per heavy atom. The van der Waals surface area contributed by atoms with Crippen molar-refractivity contribution in [3.63, 3.8) is 0 Å².